The first-order valence-corrected chi connectivity index (χ1v) is 7.81. The van der Waals surface area contributed by atoms with E-state index < -0.39 is 11.2 Å². The van der Waals surface area contributed by atoms with Crippen LogP contribution in [-0.4, -0.2) is 15.3 Å². The second-order valence-electron chi connectivity index (χ2n) is 4.19. The molecule has 0 radical (unpaired) electrons. The Hall–Kier alpha value is -2.06. The normalized spacial score (nSPS) is 10.9. The molecule has 3 heterocycles. The number of aromatic nitrogens is 2. The molecule has 3 aromatic heterocycles. The van der Waals surface area contributed by atoms with E-state index in [-0.39, 0.29) is 0 Å². The van der Waals surface area contributed by atoms with E-state index in [4.69, 9.17) is 13.9 Å². The molecule has 1 N–H and O–H groups in total. The molecule has 0 fully saturated rings. The van der Waals surface area contributed by atoms with Gasteiger partial charge in [0, 0.05) is 6.07 Å². The van der Waals surface area contributed by atoms with Crippen LogP contribution in [-0.2, 0) is 5.75 Å². The maximum Gasteiger partial charge on any atom is 0.277 e. The van der Waals surface area contributed by atoms with E-state index in [9.17, 15) is 4.79 Å². The zero-order valence-corrected chi connectivity index (χ0v) is 12.5. The molecule has 21 heavy (non-hydrogen) atoms. The number of aromatic hydroxyl groups is 1. The van der Waals surface area contributed by atoms with Crippen LogP contribution < -0.4 is 5.43 Å². The smallest absolute Gasteiger partial charge is 0.277 e. The third-order valence-electron chi connectivity index (χ3n) is 2.67. The third-order valence-corrected chi connectivity index (χ3v) is 4.51. The molecule has 8 heteroatoms. The molecule has 0 spiro atoms. The number of thiophene rings is 1. The average molecular weight is 322 g/mol. The van der Waals surface area contributed by atoms with Gasteiger partial charge in [-0.2, -0.15) is 0 Å². The Balaban J connectivity index is 1.72. The Bertz CT molecular complexity index is 821. The molecular formula is C13H10N2O4S2. The summed E-state index contributed by atoms with van der Waals surface area (Å²) in [6, 6.07) is 3.23. The first-order chi connectivity index (χ1) is 10.1. The van der Waals surface area contributed by atoms with Gasteiger partial charge in [-0.3, -0.25) is 4.79 Å². The van der Waals surface area contributed by atoms with Gasteiger partial charge in [-0.15, -0.1) is 21.5 Å². The number of nitrogens with zero attached hydrogens (tertiary/aromatic N) is 2. The molecule has 0 aliphatic rings. The second-order valence-corrected chi connectivity index (χ2v) is 6.03. The van der Waals surface area contributed by atoms with Gasteiger partial charge in [0.2, 0.25) is 5.43 Å². The fraction of sp³-hybridized carbons (Fsp3) is 0.154. The molecule has 0 saturated heterocycles. The van der Waals surface area contributed by atoms with E-state index in [1.54, 1.807) is 11.3 Å². The van der Waals surface area contributed by atoms with Crippen LogP contribution >= 0.6 is 23.1 Å². The zero-order valence-electron chi connectivity index (χ0n) is 10.9. The molecule has 0 atom stereocenters. The largest absolute Gasteiger partial charge is 0.502 e. The lowest BCUT2D eigenvalue weighted by atomic mass is 10.3. The van der Waals surface area contributed by atoms with Crippen LogP contribution in [0.3, 0.4) is 0 Å². The van der Waals surface area contributed by atoms with Crippen LogP contribution in [0.1, 0.15) is 11.3 Å². The molecule has 0 saturated carbocycles. The van der Waals surface area contributed by atoms with E-state index >= 15 is 0 Å². The molecule has 3 aromatic rings. The minimum Gasteiger partial charge on any atom is -0.502 e. The average Bonchev–Trinajstić information content (AvgIpc) is 3.08. The van der Waals surface area contributed by atoms with E-state index in [2.05, 4.69) is 10.2 Å². The highest BCUT2D eigenvalue weighted by Crippen LogP contribution is 2.30. The summed E-state index contributed by atoms with van der Waals surface area (Å²) in [4.78, 5) is 12.2. The number of aryl methyl sites for hydroxylation is 1. The van der Waals surface area contributed by atoms with Crippen molar-refractivity contribution in [1.82, 2.24) is 10.2 Å². The van der Waals surface area contributed by atoms with Crippen molar-refractivity contribution >= 4 is 23.1 Å². The Morgan fingerprint density at radius 1 is 1.43 bits per heavy atom. The summed E-state index contributed by atoms with van der Waals surface area (Å²) in [7, 11) is 0. The minimum atomic E-state index is -0.475. The second kappa shape index (κ2) is 5.74. The van der Waals surface area contributed by atoms with Crippen molar-refractivity contribution < 1.29 is 13.9 Å². The van der Waals surface area contributed by atoms with Gasteiger partial charge >= 0.3 is 0 Å². The molecule has 6 nitrogen and oxygen atoms in total. The van der Waals surface area contributed by atoms with Crippen molar-refractivity contribution in [3.8, 4) is 16.5 Å². The van der Waals surface area contributed by atoms with Crippen LogP contribution in [0.2, 0.25) is 0 Å². The van der Waals surface area contributed by atoms with Crippen molar-refractivity contribution in [2.45, 2.75) is 17.9 Å². The Morgan fingerprint density at radius 2 is 2.29 bits per heavy atom. The minimum absolute atomic E-state index is 0.362. The topological polar surface area (TPSA) is 89.4 Å². The lowest BCUT2D eigenvalue weighted by molar-refractivity contribution is 0.418. The van der Waals surface area contributed by atoms with Gasteiger partial charge in [-0.05, 0) is 23.9 Å². The van der Waals surface area contributed by atoms with E-state index in [1.807, 2.05) is 18.4 Å². The van der Waals surface area contributed by atoms with Gasteiger partial charge in [0.15, 0.2) is 5.75 Å². The fourth-order valence-electron chi connectivity index (χ4n) is 1.60. The summed E-state index contributed by atoms with van der Waals surface area (Å²) < 4.78 is 10.7. The first-order valence-electron chi connectivity index (χ1n) is 5.95. The predicted octanol–water partition coefficient (Wildman–Crippen LogP) is 3.06. The molecule has 0 aliphatic carbocycles. The summed E-state index contributed by atoms with van der Waals surface area (Å²) in [6.07, 6.45) is 1.02. The highest BCUT2D eigenvalue weighted by Gasteiger charge is 2.13. The fourth-order valence-corrected chi connectivity index (χ4v) is 3.10. The van der Waals surface area contributed by atoms with Gasteiger partial charge < -0.3 is 13.9 Å². The Kier molecular flexibility index (Phi) is 3.80. The Labute approximate surface area is 127 Å². The molecule has 0 unspecified atom stereocenters. The summed E-state index contributed by atoms with van der Waals surface area (Å²) in [6.45, 7) is 1.98. The van der Waals surface area contributed by atoms with E-state index in [0.717, 1.165) is 16.7 Å². The van der Waals surface area contributed by atoms with E-state index in [0.29, 0.717) is 22.6 Å². The van der Waals surface area contributed by atoms with Gasteiger partial charge in [0.05, 0.1) is 10.6 Å². The first kappa shape index (κ1) is 13.9. The number of hydrogen-bond donors (Lipinski definition) is 1. The lowest BCUT2D eigenvalue weighted by Gasteiger charge is -1.97. The maximum atomic E-state index is 11.3. The summed E-state index contributed by atoms with van der Waals surface area (Å²) >= 11 is 2.80. The van der Waals surface area contributed by atoms with Crippen molar-refractivity contribution in [2.24, 2.45) is 0 Å². The van der Waals surface area contributed by atoms with Gasteiger partial charge in [-0.1, -0.05) is 11.8 Å². The SMILES string of the molecule is Cc1ccsc1-c1nnc(SCc2cc(=O)c(O)co2)o1. The maximum absolute atomic E-state index is 11.3. The van der Waals surface area contributed by atoms with Crippen LogP contribution in [0, 0.1) is 6.92 Å². The molecular weight excluding hydrogens is 312 g/mol. The number of hydrogen-bond acceptors (Lipinski definition) is 8. The highest BCUT2D eigenvalue weighted by molar-refractivity contribution is 7.98. The summed E-state index contributed by atoms with van der Waals surface area (Å²) in [5, 5.41) is 19.4. The van der Waals surface area contributed by atoms with Gasteiger partial charge in [0.1, 0.15) is 12.0 Å². The zero-order chi connectivity index (χ0) is 14.8. The van der Waals surface area contributed by atoms with Crippen LogP contribution in [0.15, 0.2) is 42.6 Å². The molecule has 108 valence electrons. The van der Waals surface area contributed by atoms with Crippen molar-refractivity contribution in [3.05, 3.63) is 45.3 Å². The monoisotopic (exact) mass is 322 g/mol. The quantitative estimate of drug-likeness (QED) is 0.738. The van der Waals surface area contributed by atoms with E-state index in [1.165, 1.54) is 17.8 Å². The summed E-state index contributed by atoms with van der Waals surface area (Å²) in [5.74, 6) is 0.865. The standard InChI is InChI=1S/C13H10N2O4S2/c1-7-2-3-20-11(7)12-14-15-13(19-12)21-6-8-4-9(16)10(17)5-18-8/h2-5,17H,6H2,1H3. The highest BCUT2D eigenvalue weighted by atomic mass is 32.2. The van der Waals surface area contributed by atoms with Gasteiger partial charge in [0.25, 0.3) is 11.1 Å². The summed E-state index contributed by atoms with van der Waals surface area (Å²) in [5.41, 5.74) is 0.613. The lowest BCUT2D eigenvalue weighted by Crippen LogP contribution is -1.98. The van der Waals surface area contributed by atoms with Gasteiger partial charge in [-0.25, -0.2) is 0 Å². The third kappa shape index (κ3) is 3.01. The van der Waals surface area contributed by atoms with Crippen LogP contribution in [0.25, 0.3) is 10.8 Å². The number of rotatable bonds is 4. The van der Waals surface area contributed by atoms with Crippen LogP contribution in [0.5, 0.6) is 5.75 Å². The molecule has 3 rings (SSSR count). The molecule has 0 aromatic carbocycles. The molecule has 0 aliphatic heterocycles. The van der Waals surface area contributed by atoms with Crippen molar-refractivity contribution in [1.29, 1.82) is 0 Å². The van der Waals surface area contributed by atoms with Crippen LogP contribution in [0.4, 0.5) is 0 Å². The van der Waals surface area contributed by atoms with Crippen molar-refractivity contribution in [2.75, 3.05) is 0 Å². The molecule has 0 bridgehead atoms. The predicted molar refractivity (Wildman–Crippen MR) is 78.6 cm³/mol. The van der Waals surface area contributed by atoms with Crippen molar-refractivity contribution in [3.63, 3.8) is 0 Å². The number of thioether (sulfide) groups is 1. The molecule has 0 amide bonds. The Morgan fingerprint density at radius 3 is 3.00 bits per heavy atom.